The van der Waals surface area contributed by atoms with Crippen molar-refractivity contribution in [2.45, 2.75) is 87.7 Å². The Hall–Kier alpha value is 0. The van der Waals surface area contributed by atoms with Crippen LogP contribution >= 0.6 is 0 Å². The molecule has 0 fully saturated rings. The fraction of sp³-hybridized carbons (Fsp3) is 1.00. The van der Waals surface area contributed by atoms with E-state index in [9.17, 15) is 0 Å². The van der Waals surface area contributed by atoms with Crippen molar-refractivity contribution in [3.8, 4) is 0 Å². The summed E-state index contributed by atoms with van der Waals surface area (Å²) in [5.74, 6) is -3.39. The summed E-state index contributed by atoms with van der Waals surface area (Å²) in [6.07, 6.45) is 0.230. The maximum absolute atomic E-state index is 7.38. The predicted molar refractivity (Wildman–Crippen MR) is 80.0 cm³/mol. The lowest BCUT2D eigenvalue weighted by Crippen LogP contribution is -1.81. The molecule has 0 aliphatic heterocycles. The van der Waals surface area contributed by atoms with Gasteiger partial charge in [-0.25, -0.2) is 0 Å². The summed E-state index contributed by atoms with van der Waals surface area (Å²) in [6, 6.07) is 0. The molecule has 0 nitrogen and oxygen atoms in total. The van der Waals surface area contributed by atoms with Gasteiger partial charge in [0, 0.05) is 20.6 Å². The van der Waals surface area contributed by atoms with Crippen LogP contribution in [0.15, 0.2) is 0 Å². The summed E-state index contributed by atoms with van der Waals surface area (Å²) >= 11 is 0. The molecule has 0 aliphatic carbocycles. The Bertz CT molecular complexity index is 424. The highest BCUT2D eigenvalue weighted by molar-refractivity contribution is 4.38. The van der Waals surface area contributed by atoms with E-state index >= 15 is 0 Å². The maximum atomic E-state index is 7.38. The van der Waals surface area contributed by atoms with Gasteiger partial charge in [0.1, 0.15) is 0 Å². The average Bonchev–Trinajstić information content (AvgIpc) is 2.41. The van der Waals surface area contributed by atoms with Gasteiger partial charge >= 0.3 is 0 Å². The minimum absolute atomic E-state index is 0.160. The van der Waals surface area contributed by atoms with E-state index in [2.05, 4.69) is 20.8 Å². The Morgan fingerprint density at radius 3 is 1.56 bits per heavy atom. The van der Waals surface area contributed by atoms with Gasteiger partial charge in [-0.05, 0) is 17.7 Å². The summed E-state index contributed by atoms with van der Waals surface area (Å²) in [4.78, 5) is 0. The van der Waals surface area contributed by atoms with Crippen molar-refractivity contribution >= 4 is 0 Å². The van der Waals surface area contributed by atoms with E-state index < -0.39 is 45.6 Å². The zero-order chi connectivity index (χ0) is 26.3. The molecule has 102 valence electrons. The molecular weight excluding hydrogens is 192 g/mol. The van der Waals surface area contributed by atoms with E-state index in [0.29, 0.717) is 0 Å². The first-order valence-corrected chi connectivity index (χ1v) is 5.71. The number of hydrogen-bond acceptors (Lipinski definition) is 0. The van der Waals surface area contributed by atoms with Gasteiger partial charge in [-0.2, -0.15) is 0 Å². The summed E-state index contributed by atoms with van der Waals surface area (Å²) < 4.78 is 105. The molecule has 0 spiro atoms. The van der Waals surface area contributed by atoms with Gasteiger partial charge in [-0.15, -0.1) is 0 Å². The maximum Gasteiger partial charge on any atom is 0.0297 e. The number of hydrogen-bond donors (Lipinski definition) is 0. The third-order valence-corrected chi connectivity index (χ3v) is 1.52. The molecule has 0 N–H and O–H groups in total. The van der Waals surface area contributed by atoms with Crippen molar-refractivity contribution in [3.63, 3.8) is 0 Å². The van der Waals surface area contributed by atoms with E-state index in [-0.39, 0.29) is 6.42 Å². The molecule has 0 radical (unpaired) electrons. The first-order chi connectivity index (χ1) is 13.2. The molecule has 0 saturated heterocycles. The van der Waals surface area contributed by atoms with Crippen molar-refractivity contribution in [3.05, 3.63) is 0 Å². The lowest BCUT2D eigenvalue weighted by molar-refractivity contribution is 0.576. The standard InChI is InChI=1S/C6H14.2C5H12/c1-4-5-6(2)3;2*1-4-5(2)3/h6H,4-5H2,1-3H3;2*5H,4H2,1-3H3/i;2D3,3D3,4D2,5D;2D3,3D3. The molecule has 0 atom stereocenters. The van der Waals surface area contributed by atoms with Crippen LogP contribution in [0.2, 0.25) is 0 Å². The second-order valence-corrected chi connectivity index (χ2v) is 3.77. The van der Waals surface area contributed by atoms with E-state index in [1.54, 1.807) is 6.92 Å². The highest BCUT2D eigenvalue weighted by Gasteiger charge is 1.85. The largest absolute Gasteiger partial charge is 0.0654 e. The molecule has 0 aromatic rings. The first kappa shape index (κ1) is 4.59. The van der Waals surface area contributed by atoms with Crippen LogP contribution in [-0.4, -0.2) is 0 Å². The Morgan fingerprint density at radius 2 is 1.56 bits per heavy atom. The third kappa shape index (κ3) is 48.3. The highest BCUT2D eigenvalue weighted by atomic mass is 13.9. The molecule has 0 heteroatoms. The van der Waals surface area contributed by atoms with Crippen molar-refractivity contribution in [1.82, 2.24) is 0 Å². The Morgan fingerprint density at radius 1 is 1.00 bits per heavy atom. The number of rotatable bonds is 4. The van der Waals surface area contributed by atoms with Gasteiger partial charge in [-0.3, -0.25) is 0 Å². The van der Waals surface area contributed by atoms with E-state index in [0.717, 1.165) is 12.8 Å². The summed E-state index contributed by atoms with van der Waals surface area (Å²) in [5, 5.41) is 0. The molecule has 0 aromatic carbocycles. The van der Waals surface area contributed by atoms with Crippen LogP contribution in [0.25, 0.3) is 0 Å². The van der Waals surface area contributed by atoms with Crippen LogP contribution in [0, 0.1) is 17.7 Å². The zero-order valence-corrected chi connectivity index (χ0v) is 11.3. The van der Waals surface area contributed by atoms with Crippen molar-refractivity contribution in [2.24, 2.45) is 17.7 Å². The average molecular weight is 246 g/mol. The quantitative estimate of drug-likeness (QED) is 0.527. The zero-order valence-electron chi connectivity index (χ0n) is 26.3. The molecule has 16 heavy (non-hydrogen) atoms. The molecule has 0 aromatic heterocycles. The van der Waals surface area contributed by atoms with Crippen LogP contribution in [0.4, 0.5) is 0 Å². The lowest BCUT2D eigenvalue weighted by Gasteiger charge is -1.95. The Balaban J connectivity index is -0.000000410. The van der Waals surface area contributed by atoms with E-state index in [1.165, 1.54) is 12.8 Å². The van der Waals surface area contributed by atoms with Crippen molar-refractivity contribution in [2.75, 3.05) is 0 Å². The smallest absolute Gasteiger partial charge is 0.0297 e. The molecule has 0 heterocycles. The highest BCUT2D eigenvalue weighted by Crippen LogP contribution is 2.00. The van der Waals surface area contributed by atoms with E-state index in [4.69, 9.17) is 20.6 Å². The molecule has 0 bridgehead atoms. The van der Waals surface area contributed by atoms with Crippen molar-refractivity contribution < 1.29 is 20.6 Å². The van der Waals surface area contributed by atoms with Crippen LogP contribution in [0.1, 0.15) is 108 Å². The summed E-state index contributed by atoms with van der Waals surface area (Å²) in [6.45, 7) is -2.03. The summed E-state index contributed by atoms with van der Waals surface area (Å²) in [5.41, 5.74) is 0. The molecule has 0 unspecified atom stereocenters. The molecule has 0 aliphatic rings. The van der Waals surface area contributed by atoms with Crippen LogP contribution in [0.3, 0.4) is 0 Å². The summed E-state index contributed by atoms with van der Waals surface area (Å²) in [7, 11) is 0. The Kier molecular flexibility index (Phi) is 4.99. The topological polar surface area (TPSA) is 0 Å². The minimum atomic E-state index is -3.20. The SMILES string of the molecule is CCCC(C)C.[2H]C([2H])([2H])C(CC)C([2H])([2H])[2H].[2H]C([2H])([2H])C([2H])(C([2H])([2H])[2H])C([2H])([2H])C. The van der Waals surface area contributed by atoms with Gasteiger partial charge in [0.2, 0.25) is 0 Å². The van der Waals surface area contributed by atoms with E-state index in [1.807, 2.05) is 0 Å². The van der Waals surface area contributed by atoms with Gasteiger partial charge in [-0.1, -0.05) is 87.7 Å². The van der Waals surface area contributed by atoms with Crippen LogP contribution in [-0.2, 0) is 0 Å². The van der Waals surface area contributed by atoms with Crippen molar-refractivity contribution in [1.29, 1.82) is 0 Å². The second-order valence-electron chi connectivity index (χ2n) is 3.77. The molecular formula is C16H38. The third-order valence-electron chi connectivity index (χ3n) is 1.52. The van der Waals surface area contributed by atoms with Crippen LogP contribution in [0.5, 0.6) is 0 Å². The lowest BCUT2D eigenvalue weighted by atomic mass is 10.1. The molecule has 0 saturated carbocycles. The predicted octanol–water partition coefficient (Wildman–Crippen LogP) is 6.55. The monoisotopic (exact) mass is 245 g/mol. The molecule has 0 rings (SSSR count). The first-order valence-electron chi connectivity index (χ1n) is 13.2. The fourth-order valence-electron chi connectivity index (χ4n) is 0.577. The van der Waals surface area contributed by atoms with Gasteiger partial charge in [0.25, 0.3) is 0 Å². The van der Waals surface area contributed by atoms with Gasteiger partial charge in [0.05, 0.1) is 0 Å². The molecule has 0 amide bonds. The van der Waals surface area contributed by atoms with Gasteiger partial charge < -0.3 is 0 Å². The second kappa shape index (κ2) is 17.4. The fourth-order valence-corrected chi connectivity index (χ4v) is 0.577. The van der Waals surface area contributed by atoms with Gasteiger partial charge in [0.15, 0.2) is 0 Å². The minimum Gasteiger partial charge on any atom is -0.0654 e. The Labute approximate surface area is 127 Å². The van der Waals surface area contributed by atoms with Crippen LogP contribution < -0.4 is 0 Å². The normalized spacial score (nSPS) is 28.3.